The molecule has 0 heterocycles. The maximum Gasteiger partial charge on any atom is 0.0312 e. The molecule has 1 aromatic carbocycles. The second kappa shape index (κ2) is 16.4. The third kappa shape index (κ3) is 9.73. The summed E-state index contributed by atoms with van der Waals surface area (Å²) in [4.78, 5) is 0. The van der Waals surface area contributed by atoms with E-state index in [4.69, 9.17) is 0 Å². The molecule has 0 heteroatoms. The van der Waals surface area contributed by atoms with E-state index < -0.39 is 0 Å². The van der Waals surface area contributed by atoms with E-state index in [0.29, 0.717) is 0 Å². The molecular weight excluding hydrogens is 384 g/mol. The summed E-state index contributed by atoms with van der Waals surface area (Å²) < 4.78 is 0. The zero-order chi connectivity index (χ0) is 22.1. The van der Waals surface area contributed by atoms with E-state index in [2.05, 4.69) is 24.0 Å². The summed E-state index contributed by atoms with van der Waals surface area (Å²) in [7, 11) is 0. The van der Waals surface area contributed by atoms with Crippen LogP contribution < -0.4 is 0 Å². The molecule has 0 saturated heterocycles. The molecule has 178 valence electrons. The Morgan fingerprint density at radius 1 is 0.406 bits per heavy atom. The number of rotatable bonds is 0. The lowest BCUT2D eigenvalue weighted by atomic mass is 9.87. The van der Waals surface area contributed by atoms with Crippen LogP contribution in [0.25, 0.3) is 0 Å². The van der Waals surface area contributed by atoms with Gasteiger partial charge in [-0.1, -0.05) is 127 Å². The Morgan fingerprint density at radius 2 is 0.812 bits per heavy atom. The summed E-state index contributed by atoms with van der Waals surface area (Å²) in [5.41, 5.74) is 6.30. The number of hydrogen-bond donors (Lipinski definition) is 0. The molecule has 0 amide bonds. The number of hydrogen-bond acceptors (Lipinski definition) is 0. The van der Waals surface area contributed by atoms with Crippen LogP contribution in [0, 0.1) is 11.8 Å². The number of aryl methyl sites for hydroxylation is 2. The third-order valence-corrected chi connectivity index (χ3v) is 7.83. The average Bonchev–Trinajstić information content (AvgIpc) is 2.79. The topological polar surface area (TPSA) is 0 Å². The van der Waals surface area contributed by atoms with Gasteiger partial charge in [0.2, 0.25) is 0 Å². The van der Waals surface area contributed by atoms with Crippen molar-refractivity contribution in [2.45, 2.75) is 154 Å². The molecule has 0 nitrogen and oxygen atoms in total. The van der Waals surface area contributed by atoms with Crippen LogP contribution in [0.4, 0.5) is 0 Å². The molecule has 0 atom stereocenters. The van der Waals surface area contributed by atoms with Crippen LogP contribution in [0.5, 0.6) is 0 Å². The van der Waals surface area contributed by atoms with Gasteiger partial charge in [0.15, 0.2) is 0 Å². The average molecular weight is 435 g/mol. The first-order valence-corrected chi connectivity index (χ1v) is 14.6. The normalized spacial score (nSPS) is 21.2. The summed E-state index contributed by atoms with van der Waals surface area (Å²) in [6, 6.07) is 4.97. The molecule has 32 heavy (non-hydrogen) atoms. The second-order valence-electron chi connectivity index (χ2n) is 10.6. The molecule has 3 rings (SSSR count). The molecule has 0 unspecified atom stereocenters. The zero-order valence-electron chi connectivity index (χ0n) is 21.1. The van der Waals surface area contributed by atoms with Gasteiger partial charge in [-0.15, -0.1) is 0 Å². The Balaban J connectivity index is 1.80. The maximum atomic E-state index is 3.76. The predicted molar refractivity (Wildman–Crippen MR) is 141 cm³/mol. The SMILES string of the molecule is C1#Cc2c3ccc(c2CCCCCCCCCCCC1)CCCCCCCCCCCC3. The third-order valence-electron chi connectivity index (χ3n) is 7.83. The molecule has 0 aliphatic heterocycles. The lowest BCUT2D eigenvalue weighted by molar-refractivity contribution is 0.547. The van der Waals surface area contributed by atoms with E-state index in [1.165, 1.54) is 153 Å². The summed E-state index contributed by atoms with van der Waals surface area (Å²) in [5, 5.41) is 0. The molecule has 0 aromatic heterocycles. The van der Waals surface area contributed by atoms with Crippen LogP contribution in [0.3, 0.4) is 0 Å². The molecule has 2 aliphatic carbocycles. The van der Waals surface area contributed by atoms with Gasteiger partial charge in [0.05, 0.1) is 0 Å². The summed E-state index contributed by atoms with van der Waals surface area (Å²) in [6.45, 7) is 0. The largest absolute Gasteiger partial charge is 0.0979 e. The first kappa shape index (κ1) is 25.4. The first-order valence-electron chi connectivity index (χ1n) is 14.6. The molecule has 0 saturated carbocycles. The summed E-state index contributed by atoms with van der Waals surface area (Å²) in [5.74, 6) is 7.39. The Kier molecular flexibility index (Phi) is 13.0. The van der Waals surface area contributed by atoms with Gasteiger partial charge in [0.25, 0.3) is 0 Å². The van der Waals surface area contributed by atoms with Crippen molar-refractivity contribution in [2.24, 2.45) is 0 Å². The monoisotopic (exact) mass is 434 g/mol. The first-order chi connectivity index (χ1) is 15.9. The van der Waals surface area contributed by atoms with E-state index in [1.807, 2.05) is 0 Å². The molecule has 2 bridgehead atoms. The molecule has 1 aromatic rings. The highest BCUT2D eigenvalue weighted by Gasteiger charge is 2.13. The highest BCUT2D eigenvalue weighted by molar-refractivity contribution is 5.51. The maximum absolute atomic E-state index is 3.76. The summed E-state index contributed by atoms with van der Waals surface area (Å²) in [6.07, 6.45) is 33.0. The van der Waals surface area contributed by atoms with Crippen molar-refractivity contribution in [2.75, 3.05) is 0 Å². The van der Waals surface area contributed by atoms with Crippen molar-refractivity contribution >= 4 is 0 Å². The Labute approximate surface area is 200 Å². The van der Waals surface area contributed by atoms with Gasteiger partial charge < -0.3 is 0 Å². The van der Waals surface area contributed by atoms with Gasteiger partial charge >= 0.3 is 0 Å². The minimum Gasteiger partial charge on any atom is -0.0979 e. The highest BCUT2D eigenvalue weighted by atomic mass is 14.2. The van der Waals surface area contributed by atoms with Crippen molar-refractivity contribution in [1.29, 1.82) is 0 Å². The fourth-order valence-electron chi connectivity index (χ4n) is 5.75. The van der Waals surface area contributed by atoms with Crippen LogP contribution in [0.1, 0.15) is 157 Å². The number of fused-ring (bicyclic) bond motifs is 6. The number of benzene rings is 1. The predicted octanol–water partition coefficient (Wildman–Crippen LogP) is 9.88. The van der Waals surface area contributed by atoms with Crippen molar-refractivity contribution in [1.82, 2.24) is 0 Å². The molecule has 0 radical (unpaired) electrons. The van der Waals surface area contributed by atoms with Crippen molar-refractivity contribution in [3.8, 4) is 11.8 Å². The Morgan fingerprint density at radius 3 is 1.38 bits per heavy atom. The van der Waals surface area contributed by atoms with Crippen molar-refractivity contribution < 1.29 is 0 Å². The quantitative estimate of drug-likeness (QED) is 0.356. The smallest absolute Gasteiger partial charge is 0.0312 e. The van der Waals surface area contributed by atoms with Crippen LogP contribution >= 0.6 is 0 Å². The van der Waals surface area contributed by atoms with Gasteiger partial charge in [0.1, 0.15) is 0 Å². The van der Waals surface area contributed by atoms with E-state index in [1.54, 1.807) is 16.7 Å². The molecule has 0 spiro atoms. The van der Waals surface area contributed by atoms with Crippen LogP contribution in [-0.4, -0.2) is 0 Å². The van der Waals surface area contributed by atoms with Gasteiger partial charge in [-0.25, -0.2) is 0 Å². The minimum atomic E-state index is 1.09. The van der Waals surface area contributed by atoms with Crippen molar-refractivity contribution in [3.63, 3.8) is 0 Å². The lowest BCUT2D eigenvalue weighted by Gasteiger charge is -2.17. The molecule has 0 N–H and O–H groups in total. The van der Waals surface area contributed by atoms with E-state index >= 15 is 0 Å². The lowest BCUT2D eigenvalue weighted by Crippen LogP contribution is -2.04. The second-order valence-corrected chi connectivity index (χ2v) is 10.6. The molecule has 2 aliphatic rings. The van der Waals surface area contributed by atoms with Crippen LogP contribution in [0.15, 0.2) is 12.1 Å². The van der Waals surface area contributed by atoms with Crippen molar-refractivity contribution in [3.05, 3.63) is 34.4 Å². The molecule has 0 fully saturated rings. The van der Waals surface area contributed by atoms with Gasteiger partial charge in [-0.2, -0.15) is 0 Å². The van der Waals surface area contributed by atoms with Crippen LogP contribution in [-0.2, 0) is 19.3 Å². The zero-order valence-corrected chi connectivity index (χ0v) is 21.1. The standard InChI is InChI=1S/C32H50/c1-2-4-10-14-18-22-26-32-30-24-20-16-12-8-6-5-7-11-15-19-23-29(27-28-30)31(32)25-21-17-13-9-3-1/h27-28H,1-21,23-25H2. The Hall–Kier alpha value is -1.22. The van der Waals surface area contributed by atoms with E-state index in [9.17, 15) is 0 Å². The Bertz CT molecular complexity index is 686. The van der Waals surface area contributed by atoms with Crippen LogP contribution in [0.2, 0.25) is 0 Å². The van der Waals surface area contributed by atoms with Gasteiger partial charge in [-0.3, -0.25) is 0 Å². The fourth-order valence-corrected chi connectivity index (χ4v) is 5.75. The van der Waals surface area contributed by atoms with E-state index in [-0.39, 0.29) is 0 Å². The van der Waals surface area contributed by atoms with Gasteiger partial charge in [-0.05, 0) is 61.6 Å². The van der Waals surface area contributed by atoms with E-state index in [0.717, 1.165) is 6.42 Å². The van der Waals surface area contributed by atoms with Gasteiger partial charge in [0, 0.05) is 12.0 Å². The molecular formula is C32H50. The summed E-state index contributed by atoms with van der Waals surface area (Å²) >= 11 is 0. The fraction of sp³-hybridized carbons (Fsp3) is 0.750. The highest BCUT2D eigenvalue weighted by Crippen LogP contribution is 2.26. The minimum absolute atomic E-state index is 1.09.